The molecule has 0 saturated carbocycles. The lowest BCUT2D eigenvalue weighted by Gasteiger charge is -2.10. The topological polar surface area (TPSA) is 47.8 Å². The molecule has 4 nitrogen and oxygen atoms in total. The van der Waals surface area contributed by atoms with Crippen LogP contribution in [-0.2, 0) is 7.05 Å². The third kappa shape index (κ3) is 4.06. The molecule has 0 aliphatic heterocycles. The van der Waals surface area contributed by atoms with Gasteiger partial charge >= 0.3 is 0 Å². The highest BCUT2D eigenvalue weighted by Gasteiger charge is 2.20. The van der Waals surface area contributed by atoms with Crippen LogP contribution in [0, 0.1) is 0 Å². The Bertz CT molecular complexity index is 892. The van der Waals surface area contributed by atoms with Crippen molar-refractivity contribution in [1.82, 2.24) is 14.8 Å². The molecule has 1 aromatic heterocycles. The van der Waals surface area contributed by atoms with Crippen LogP contribution >= 0.6 is 35.0 Å². The highest BCUT2D eigenvalue weighted by molar-refractivity contribution is 8.00. The zero-order chi connectivity index (χ0) is 18.0. The Kier molecular flexibility index (Phi) is 5.47. The van der Waals surface area contributed by atoms with E-state index in [4.69, 9.17) is 23.2 Å². The van der Waals surface area contributed by atoms with E-state index in [0.29, 0.717) is 20.8 Å². The Morgan fingerprint density at radius 2 is 1.56 bits per heavy atom. The second-order valence-electron chi connectivity index (χ2n) is 5.50. The van der Waals surface area contributed by atoms with E-state index in [9.17, 15) is 4.79 Å². The van der Waals surface area contributed by atoms with E-state index in [2.05, 4.69) is 10.2 Å². The molecular weight excluding hydrogens is 377 g/mol. The summed E-state index contributed by atoms with van der Waals surface area (Å²) in [5.74, 6) is 0.753. The van der Waals surface area contributed by atoms with E-state index < -0.39 is 0 Å². The van der Waals surface area contributed by atoms with Crippen molar-refractivity contribution in [1.29, 1.82) is 0 Å². The number of carbonyl (C=O) groups is 1. The zero-order valence-electron chi connectivity index (χ0n) is 13.6. The van der Waals surface area contributed by atoms with Crippen molar-refractivity contribution in [3.63, 3.8) is 0 Å². The standard InChI is InChI=1S/C18H15Cl2N3OS/c1-11(16(24)12-3-7-14(19)8-4-12)25-18-22-21-17(23(18)2)13-5-9-15(20)10-6-13/h3-11H,1-2H3. The number of rotatable bonds is 5. The van der Waals surface area contributed by atoms with Crippen LogP contribution in [0.1, 0.15) is 17.3 Å². The summed E-state index contributed by atoms with van der Waals surface area (Å²) in [5, 5.41) is 10.1. The first kappa shape index (κ1) is 18.0. The molecule has 2 aromatic carbocycles. The third-order valence-electron chi connectivity index (χ3n) is 3.72. The highest BCUT2D eigenvalue weighted by Crippen LogP contribution is 2.28. The SMILES string of the molecule is CC(Sc1nnc(-c2ccc(Cl)cc2)n1C)C(=O)c1ccc(Cl)cc1. The Morgan fingerprint density at radius 1 is 1.00 bits per heavy atom. The molecule has 0 aliphatic rings. The maximum atomic E-state index is 12.5. The number of hydrogen-bond donors (Lipinski definition) is 0. The molecule has 0 saturated heterocycles. The van der Waals surface area contributed by atoms with Gasteiger partial charge in [-0.2, -0.15) is 0 Å². The van der Waals surface area contributed by atoms with Crippen LogP contribution < -0.4 is 0 Å². The van der Waals surface area contributed by atoms with E-state index in [1.54, 1.807) is 24.3 Å². The molecule has 0 N–H and O–H groups in total. The van der Waals surface area contributed by atoms with Gasteiger partial charge in [-0.1, -0.05) is 35.0 Å². The minimum absolute atomic E-state index is 0.0257. The smallest absolute Gasteiger partial charge is 0.191 e. The Balaban J connectivity index is 1.78. The van der Waals surface area contributed by atoms with Crippen molar-refractivity contribution in [3.05, 3.63) is 64.1 Å². The molecule has 1 heterocycles. The zero-order valence-corrected chi connectivity index (χ0v) is 15.9. The van der Waals surface area contributed by atoms with E-state index in [0.717, 1.165) is 11.4 Å². The summed E-state index contributed by atoms with van der Waals surface area (Å²) in [4.78, 5) is 12.5. The van der Waals surface area contributed by atoms with Crippen molar-refractivity contribution >= 4 is 40.7 Å². The molecule has 0 amide bonds. The van der Waals surface area contributed by atoms with Crippen molar-refractivity contribution in [2.45, 2.75) is 17.3 Å². The quantitative estimate of drug-likeness (QED) is 0.445. The minimum atomic E-state index is -0.290. The number of halogens is 2. The lowest BCUT2D eigenvalue weighted by atomic mass is 10.1. The Morgan fingerprint density at radius 3 is 2.16 bits per heavy atom. The third-order valence-corrected chi connectivity index (χ3v) is 5.36. The van der Waals surface area contributed by atoms with Gasteiger partial charge in [0.05, 0.1) is 5.25 Å². The van der Waals surface area contributed by atoms with Crippen LogP contribution in [0.25, 0.3) is 11.4 Å². The fourth-order valence-electron chi connectivity index (χ4n) is 2.33. The van der Waals surface area contributed by atoms with Crippen molar-refractivity contribution in [3.8, 4) is 11.4 Å². The summed E-state index contributed by atoms with van der Waals surface area (Å²) < 4.78 is 1.87. The first-order chi connectivity index (χ1) is 12.0. The molecule has 25 heavy (non-hydrogen) atoms. The van der Waals surface area contributed by atoms with Gasteiger partial charge in [-0.05, 0) is 55.5 Å². The average molecular weight is 392 g/mol. The summed E-state index contributed by atoms with van der Waals surface area (Å²) in [6, 6.07) is 14.3. The number of Topliss-reactive ketones (excluding diaryl/α,β-unsaturated/α-hetero) is 1. The average Bonchev–Trinajstić information content (AvgIpc) is 2.96. The molecule has 1 atom stereocenters. The molecule has 7 heteroatoms. The fraction of sp³-hybridized carbons (Fsp3) is 0.167. The van der Waals surface area contributed by atoms with Gasteiger partial charge in [0.1, 0.15) is 0 Å². The van der Waals surface area contributed by atoms with Gasteiger partial charge in [0.15, 0.2) is 16.8 Å². The van der Waals surface area contributed by atoms with Crippen LogP contribution in [0.3, 0.4) is 0 Å². The summed E-state index contributed by atoms with van der Waals surface area (Å²) in [5.41, 5.74) is 1.55. The number of ketones is 1. The Labute approximate surface area is 160 Å². The van der Waals surface area contributed by atoms with E-state index in [1.807, 2.05) is 42.8 Å². The number of aromatic nitrogens is 3. The van der Waals surface area contributed by atoms with Crippen molar-refractivity contribution < 1.29 is 4.79 Å². The largest absolute Gasteiger partial charge is 0.305 e. The molecule has 3 aromatic rings. The molecule has 3 rings (SSSR count). The van der Waals surface area contributed by atoms with Crippen molar-refractivity contribution in [2.24, 2.45) is 7.05 Å². The van der Waals surface area contributed by atoms with E-state index in [-0.39, 0.29) is 11.0 Å². The number of nitrogens with zero attached hydrogens (tertiary/aromatic N) is 3. The molecule has 0 fully saturated rings. The predicted octanol–water partition coefficient (Wildman–Crippen LogP) is 5.15. The molecule has 1 unspecified atom stereocenters. The maximum Gasteiger partial charge on any atom is 0.191 e. The number of benzene rings is 2. The first-order valence-corrected chi connectivity index (χ1v) is 9.21. The molecule has 0 radical (unpaired) electrons. The monoisotopic (exact) mass is 391 g/mol. The normalized spacial score (nSPS) is 12.2. The summed E-state index contributed by atoms with van der Waals surface area (Å²) in [6.45, 7) is 1.86. The highest BCUT2D eigenvalue weighted by atomic mass is 35.5. The van der Waals surface area contributed by atoms with Crippen molar-refractivity contribution in [2.75, 3.05) is 0 Å². The van der Waals surface area contributed by atoms with Gasteiger partial charge < -0.3 is 4.57 Å². The molecule has 0 aliphatic carbocycles. The second-order valence-corrected chi connectivity index (χ2v) is 7.68. The van der Waals surface area contributed by atoms with Crippen LogP contribution in [0.4, 0.5) is 0 Å². The van der Waals surface area contributed by atoms with Gasteiger partial charge in [0.25, 0.3) is 0 Å². The molecule has 0 bridgehead atoms. The second kappa shape index (κ2) is 7.60. The fourth-order valence-corrected chi connectivity index (χ4v) is 3.47. The summed E-state index contributed by atoms with van der Waals surface area (Å²) in [7, 11) is 1.88. The molecule has 0 spiro atoms. The van der Waals surface area contributed by atoms with Gasteiger partial charge in [-0.25, -0.2) is 0 Å². The van der Waals surface area contributed by atoms with Crippen LogP contribution in [-0.4, -0.2) is 25.8 Å². The van der Waals surface area contributed by atoms with E-state index >= 15 is 0 Å². The predicted molar refractivity (Wildman–Crippen MR) is 103 cm³/mol. The summed E-state index contributed by atoms with van der Waals surface area (Å²) in [6.07, 6.45) is 0. The number of thioether (sulfide) groups is 1. The van der Waals surface area contributed by atoms with Gasteiger partial charge in [0.2, 0.25) is 0 Å². The van der Waals surface area contributed by atoms with Gasteiger partial charge in [0, 0.05) is 28.2 Å². The number of carbonyl (C=O) groups excluding carboxylic acids is 1. The molecular formula is C18H15Cl2N3OS. The molecule has 128 valence electrons. The summed E-state index contributed by atoms with van der Waals surface area (Å²) >= 11 is 13.2. The first-order valence-electron chi connectivity index (χ1n) is 7.57. The van der Waals surface area contributed by atoms with Gasteiger partial charge in [-0.15, -0.1) is 10.2 Å². The lowest BCUT2D eigenvalue weighted by molar-refractivity contribution is 0.0994. The van der Waals surface area contributed by atoms with Gasteiger partial charge in [-0.3, -0.25) is 4.79 Å². The van der Waals surface area contributed by atoms with Crippen LogP contribution in [0.2, 0.25) is 10.0 Å². The lowest BCUT2D eigenvalue weighted by Crippen LogP contribution is -2.14. The van der Waals surface area contributed by atoms with Crippen LogP contribution in [0.15, 0.2) is 53.7 Å². The number of hydrogen-bond acceptors (Lipinski definition) is 4. The van der Waals surface area contributed by atoms with E-state index in [1.165, 1.54) is 11.8 Å². The minimum Gasteiger partial charge on any atom is -0.305 e. The van der Waals surface area contributed by atoms with Crippen LogP contribution in [0.5, 0.6) is 0 Å². The Hall–Kier alpha value is -1.82. The maximum absolute atomic E-state index is 12.5.